The number of aliphatic hydroxyl groups is 1. The van der Waals surface area contributed by atoms with Crippen LogP contribution in [0.5, 0.6) is 0 Å². The van der Waals surface area contributed by atoms with Crippen molar-refractivity contribution in [3.05, 3.63) is 29.6 Å². The van der Waals surface area contributed by atoms with Gasteiger partial charge in [-0.2, -0.15) is 0 Å². The first-order valence-electron chi connectivity index (χ1n) is 5.34. The zero-order valence-corrected chi connectivity index (χ0v) is 10.4. The smallest absolute Gasteiger partial charge is 0.238 e. The molecule has 0 bridgehead atoms. The van der Waals surface area contributed by atoms with E-state index in [1.165, 1.54) is 12.1 Å². The molecular formula is C11H16FNO3S. The van der Waals surface area contributed by atoms with Crippen LogP contribution in [0.3, 0.4) is 0 Å². The highest BCUT2D eigenvalue weighted by Crippen LogP contribution is 2.16. The first-order valence-corrected chi connectivity index (χ1v) is 6.88. The number of rotatable bonds is 5. The summed E-state index contributed by atoms with van der Waals surface area (Å²) in [7, 11) is -3.88. The van der Waals surface area contributed by atoms with Gasteiger partial charge >= 0.3 is 0 Å². The molecule has 96 valence electrons. The molecule has 0 aliphatic heterocycles. The van der Waals surface area contributed by atoms with Crippen LogP contribution in [0.1, 0.15) is 25.3 Å². The Morgan fingerprint density at radius 3 is 2.59 bits per heavy atom. The van der Waals surface area contributed by atoms with Gasteiger partial charge in [-0.3, -0.25) is 0 Å². The molecule has 0 spiro atoms. The molecule has 0 aliphatic carbocycles. The van der Waals surface area contributed by atoms with Crippen LogP contribution in [0.25, 0.3) is 0 Å². The summed E-state index contributed by atoms with van der Waals surface area (Å²) < 4.78 is 35.5. The molecule has 0 amide bonds. The summed E-state index contributed by atoms with van der Waals surface area (Å²) in [5.41, 5.74) is 0.290. The van der Waals surface area contributed by atoms with E-state index in [0.717, 1.165) is 12.5 Å². The zero-order chi connectivity index (χ0) is 13.1. The average molecular weight is 261 g/mol. The summed E-state index contributed by atoms with van der Waals surface area (Å²) in [4.78, 5) is -0.260. The first kappa shape index (κ1) is 14.1. The van der Waals surface area contributed by atoms with Crippen LogP contribution in [0.2, 0.25) is 0 Å². The van der Waals surface area contributed by atoms with Gasteiger partial charge in [0.1, 0.15) is 5.82 Å². The quantitative estimate of drug-likeness (QED) is 0.835. The van der Waals surface area contributed by atoms with Gasteiger partial charge in [0.25, 0.3) is 0 Å². The van der Waals surface area contributed by atoms with Crippen LogP contribution in [-0.4, -0.2) is 19.6 Å². The van der Waals surface area contributed by atoms with Gasteiger partial charge < -0.3 is 5.11 Å². The normalized spacial score (nSPS) is 13.6. The van der Waals surface area contributed by atoms with Crippen molar-refractivity contribution in [2.75, 3.05) is 0 Å². The molecule has 1 aromatic rings. The Balaban J connectivity index is 2.91. The van der Waals surface area contributed by atoms with E-state index in [0.29, 0.717) is 12.0 Å². The third-order valence-corrected chi connectivity index (χ3v) is 3.34. The molecule has 3 N–H and O–H groups in total. The fourth-order valence-electron chi connectivity index (χ4n) is 1.56. The highest BCUT2D eigenvalue weighted by molar-refractivity contribution is 7.89. The molecule has 0 heterocycles. The second kappa shape index (κ2) is 5.57. The van der Waals surface area contributed by atoms with E-state index in [4.69, 9.17) is 5.14 Å². The van der Waals surface area contributed by atoms with E-state index in [2.05, 4.69) is 0 Å². The Labute approximate surface area is 100 Å². The van der Waals surface area contributed by atoms with Crippen LogP contribution in [0.4, 0.5) is 4.39 Å². The maximum atomic E-state index is 13.5. The van der Waals surface area contributed by atoms with Crippen molar-refractivity contribution in [3.8, 4) is 0 Å². The van der Waals surface area contributed by atoms with Gasteiger partial charge in [0, 0.05) is 6.42 Å². The molecule has 17 heavy (non-hydrogen) atoms. The zero-order valence-electron chi connectivity index (χ0n) is 9.56. The van der Waals surface area contributed by atoms with E-state index < -0.39 is 21.9 Å². The summed E-state index contributed by atoms with van der Waals surface area (Å²) in [6.07, 6.45) is 0.939. The molecular weight excluding hydrogens is 245 g/mol. The van der Waals surface area contributed by atoms with Crippen LogP contribution in [0, 0.1) is 5.82 Å². The molecule has 0 aliphatic rings. The number of hydrogen-bond acceptors (Lipinski definition) is 3. The lowest BCUT2D eigenvalue weighted by Crippen LogP contribution is -2.14. The predicted octanol–water partition coefficient (Wildman–Crippen LogP) is 1.18. The molecule has 0 aromatic heterocycles. The van der Waals surface area contributed by atoms with E-state index in [1.54, 1.807) is 0 Å². The molecule has 6 heteroatoms. The average Bonchev–Trinajstić information content (AvgIpc) is 2.20. The third kappa shape index (κ3) is 4.07. The molecule has 0 saturated heterocycles. The highest BCUT2D eigenvalue weighted by atomic mass is 32.2. The number of hydrogen-bond donors (Lipinski definition) is 2. The van der Waals surface area contributed by atoms with Gasteiger partial charge in [-0.05, 0) is 24.1 Å². The Hall–Kier alpha value is -0.980. The molecule has 1 rings (SSSR count). The SMILES string of the molecule is CCCC(O)Cc1ccc(S(N)(=O)=O)cc1F. The fraction of sp³-hybridized carbons (Fsp3) is 0.455. The summed E-state index contributed by atoms with van der Waals surface area (Å²) >= 11 is 0. The van der Waals surface area contributed by atoms with Gasteiger partial charge in [-0.1, -0.05) is 19.4 Å². The number of halogens is 1. The van der Waals surface area contributed by atoms with E-state index >= 15 is 0 Å². The molecule has 4 nitrogen and oxygen atoms in total. The Bertz CT molecular complexity index is 487. The minimum Gasteiger partial charge on any atom is -0.393 e. The lowest BCUT2D eigenvalue weighted by Gasteiger charge is -2.10. The second-order valence-electron chi connectivity index (χ2n) is 3.94. The first-order chi connectivity index (χ1) is 7.84. The van der Waals surface area contributed by atoms with Gasteiger partial charge in [-0.15, -0.1) is 0 Å². The monoisotopic (exact) mass is 261 g/mol. The van der Waals surface area contributed by atoms with E-state index in [1.807, 2.05) is 6.92 Å². The number of primary sulfonamides is 1. The molecule has 1 atom stereocenters. The summed E-state index contributed by atoms with van der Waals surface area (Å²) in [6.45, 7) is 1.92. The van der Waals surface area contributed by atoms with Crippen molar-refractivity contribution >= 4 is 10.0 Å². The Kier molecular flexibility index (Phi) is 4.62. The molecule has 1 aromatic carbocycles. The standard InChI is InChI=1S/C11H16FNO3S/c1-2-3-9(14)6-8-4-5-10(7-11(8)12)17(13,15)16/h4-5,7,9,14H,2-3,6H2,1H3,(H2,13,15,16). The summed E-state index contributed by atoms with van der Waals surface area (Å²) in [5.74, 6) is -0.660. The minimum atomic E-state index is -3.88. The Morgan fingerprint density at radius 1 is 1.47 bits per heavy atom. The lowest BCUT2D eigenvalue weighted by atomic mass is 10.0. The van der Waals surface area contributed by atoms with Crippen molar-refractivity contribution in [1.29, 1.82) is 0 Å². The van der Waals surface area contributed by atoms with Crippen LogP contribution < -0.4 is 5.14 Å². The molecule has 0 radical (unpaired) electrons. The number of benzene rings is 1. The van der Waals surface area contributed by atoms with Crippen LogP contribution in [-0.2, 0) is 16.4 Å². The maximum Gasteiger partial charge on any atom is 0.238 e. The van der Waals surface area contributed by atoms with Gasteiger partial charge in [0.2, 0.25) is 10.0 Å². The third-order valence-electron chi connectivity index (χ3n) is 2.43. The van der Waals surface area contributed by atoms with Gasteiger partial charge in [0.05, 0.1) is 11.0 Å². The van der Waals surface area contributed by atoms with Gasteiger partial charge in [-0.25, -0.2) is 17.9 Å². The van der Waals surface area contributed by atoms with Crippen molar-refractivity contribution in [1.82, 2.24) is 0 Å². The summed E-state index contributed by atoms with van der Waals surface area (Å²) in [6, 6.07) is 3.46. The number of nitrogens with two attached hydrogens (primary N) is 1. The fourth-order valence-corrected chi connectivity index (χ4v) is 2.09. The maximum absolute atomic E-state index is 13.5. The number of sulfonamides is 1. The highest BCUT2D eigenvalue weighted by Gasteiger charge is 2.13. The van der Waals surface area contributed by atoms with E-state index in [-0.39, 0.29) is 11.3 Å². The summed E-state index contributed by atoms with van der Waals surface area (Å²) in [5, 5.41) is 14.4. The van der Waals surface area contributed by atoms with E-state index in [9.17, 15) is 17.9 Å². The molecule has 0 saturated carbocycles. The van der Waals surface area contributed by atoms with Crippen molar-refractivity contribution in [2.24, 2.45) is 5.14 Å². The van der Waals surface area contributed by atoms with Crippen LogP contribution >= 0.6 is 0 Å². The lowest BCUT2D eigenvalue weighted by molar-refractivity contribution is 0.162. The number of aliphatic hydroxyl groups excluding tert-OH is 1. The molecule has 1 unspecified atom stereocenters. The Morgan fingerprint density at radius 2 is 2.12 bits per heavy atom. The van der Waals surface area contributed by atoms with Crippen molar-refractivity contribution in [2.45, 2.75) is 37.2 Å². The minimum absolute atomic E-state index is 0.171. The van der Waals surface area contributed by atoms with Gasteiger partial charge in [0.15, 0.2) is 0 Å². The topological polar surface area (TPSA) is 80.4 Å². The van der Waals surface area contributed by atoms with Crippen molar-refractivity contribution in [3.63, 3.8) is 0 Å². The second-order valence-corrected chi connectivity index (χ2v) is 5.51. The van der Waals surface area contributed by atoms with Crippen LogP contribution in [0.15, 0.2) is 23.1 Å². The predicted molar refractivity (Wildman–Crippen MR) is 62.4 cm³/mol. The van der Waals surface area contributed by atoms with Crippen molar-refractivity contribution < 1.29 is 17.9 Å². The molecule has 0 fully saturated rings. The largest absolute Gasteiger partial charge is 0.393 e.